The summed E-state index contributed by atoms with van der Waals surface area (Å²) < 4.78 is 1.00. The third kappa shape index (κ3) is 2.22. The second kappa shape index (κ2) is 5.02. The van der Waals surface area contributed by atoms with Gasteiger partial charge in [-0.15, -0.1) is 4.73 Å². The molecule has 0 atom stereocenters. The number of anilines is 1. The Hall–Kier alpha value is -3.55. The molecule has 0 bridgehead atoms. The van der Waals surface area contributed by atoms with Crippen LogP contribution in [0, 0.1) is 0 Å². The van der Waals surface area contributed by atoms with E-state index in [0.29, 0.717) is 16.7 Å². The predicted octanol–water partition coefficient (Wildman–Crippen LogP) is 1.16. The minimum atomic E-state index is -0.471. The number of pyridine rings is 1. The topological polar surface area (TPSA) is 109 Å². The summed E-state index contributed by atoms with van der Waals surface area (Å²) in [6.45, 7) is 0. The van der Waals surface area contributed by atoms with Gasteiger partial charge >= 0.3 is 11.6 Å². The van der Waals surface area contributed by atoms with Crippen LogP contribution >= 0.6 is 0 Å². The normalized spacial score (nSPS) is 11.0. The van der Waals surface area contributed by atoms with E-state index in [9.17, 15) is 4.79 Å². The summed E-state index contributed by atoms with van der Waals surface area (Å²) in [5, 5.41) is 0.780. The molecule has 0 saturated carbocycles. The van der Waals surface area contributed by atoms with E-state index >= 15 is 0 Å². The lowest BCUT2D eigenvalue weighted by molar-refractivity contribution is 0.196. The number of para-hydroxylation sites is 1. The Bertz CT molecular complexity index is 1090. The van der Waals surface area contributed by atoms with Crippen molar-refractivity contribution in [3.8, 4) is 6.01 Å². The number of nitrogens with two attached hydrogens (primary N) is 1. The second-order valence-electron chi connectivity index (χ2n) is 4.77. The van der Waals surface area contributed by atoms with Crippen molar-refractivity contribution < 1.29 is 4.84 Å². The van der Waals surface area contributed by atoms with Crippen LogP contribution in [-0.4, -0.2) is 24.7 Å². The number of aromatic nitrogens is 5. The van der Waals surface area contributed by atoms with E-state index in [1.165, 1.54) is 0 Å². The Morgan fingerprint density at radius 1 is 1.04 bits per heavy atom. The van der Waals surface area contributed by atoms with Gasteiger partial charge in [0, 0.05) is 17.8 Å². The molecular weight excluding hydrogens is 296 g/mol. The quantitative estimate of drug-likeness (QED) is 0.553. The molecule has 0 aliphatic carbocycles. The van der Waals surface area contributed by atoms with Gasteiger partial charge in [0.15, 0.2) is 5.65 Å². The molecule has 23 heavy (non-hydrogen) atoms. The van der Waals surface area contributed by atoms with Crippen LogP contribution < -0.4 is 16.1 Å². The third-order valence-corrected chi connectivity index (χ3v) is 3.27. The van der Waals surface area contributed by atoms with Crippen LogP contribution in [0.3, 0.4) is 0 Å². The standard InChI is InChI=1S/C15H10N6O2/c16-10-4-1-3-9-7-19-15(20-13(9)10)23-21-12(22)8-18-11-5-2-6-17-14(11)21/h1-8H,16H2. The van der Waals surface area contributed by atoms with Crippen LogP contribution in [0.25, 0.3) is 22.1 Å². The van der Waals surface area contributed by atoms with Crippen molar-refractivity contribution >= 4 is 27.8 Å². The molecule has 0 radical (unpaired) electrons. The molecule has 0 unspecified atom stereocenters. The lowest BCUT2D eigenvalue weighted by atomic mass is 10.2. The highest BCUT2D eigenvalue weighted by Gasteiger charge is 2.10. The molecule has 3 aromatic heterocycles. The number of nitrogen functional groups attached to an aromatic ring is 1. The lowest BCUT2D eigenvalue weighted by Gasteiger charge is -2.08. The molecule has 3 heterocycles. The van der Waals surface area contributed by atoms with Gasteiger partial charge in [0.05, 0.1) is 11.9 Å². The van der Waals surface area contributed by atoms with Crippen LogP contribution in [0.2, 0.25) is 0 Å². The zero-order valence-corrected chi connectivity index (χ0v) is 11.7. The van der Waals surface area contributed by atoms with E-state index in [1.54, 1.807) is 30.6 Å². The molecule has 0 saturated heterocycles. The minimum Gasteiger partial charge on any atom is -0.397 e. The number of nitrogens with zero attached hydrogens (tertiary/aromatic N) is 5. The van der Waals surface area contributed by atoms with Crippen LogP contribution in [0.1, 0.15) is 0 Å². The first-order valence-corrected chi connectivity index (χ1v) is 6.75. The van der Waals surface area contributed by atoms with Gasteiger partial charge in [0.25, 0.3) is 0 Å². The summed E-state index contributed by atoms with van der Waals surface area (Å²) in [6.07, 6.45) is 4.28. The summed E-state index contributed by atoms with van der Waals surface area (Å²) in [6, 6.07) is 8.82. The molecule has 0 spiro atoms. The largest absolute Gasteiger partial charge is 0.397 e. The third-order valence-electron chi connectivity index (χ3n) is 3.27. The average Bonchev–Trinajstić information content (AvgIpc) is 2.58. The molecule has 2 N–H and O–H groups in total. The van der Waals surface area contributed by atoms with Crippen LogP contribution in [-0.2, 0) is 0 Å². The van der Waals surface area contributed by atoms with Gasteiger partial charge in [0.2, 0.25) is 0 Å². The molecule has 0 fully saturated rings. The van der Waals surface area contributed by atoms with Gasteiger partial charge in [-0.1, -0.05) is 12.1 Å². The van der Waals surface area contributed by atoms with Crippen LogP contribution in [0.15, 0.2) is 53.7 Å². The van der Waals surface area contributed by atoms with E-state index in [-0.39, 0.29) is 11.7 Å². The number of rotatable bonds is 2. The summed E-state index contributed by atoms with van der Waals surface area (Å²) in [4.78, 5) is 34.0. The van der Waals surface area contributed by atoms with E-state index in [4.69, 9.17) is 10.6 Å². The monoisotopic (exact) mass is 306 g/mol. The Kier molecular flexibility index (Phi) is 2.87. The summed E-state index contributed by atoms with van der Waals surface area (Å²) in [5.74, 6) is 0. The van der Waals surface area contributed by atoms with Crippen LogP contribution in [0.4, 0.5) is 5.69 Å². The Balaban J connectivity index is 1.87. The zero-order chi connectivity index (χ0) is 15.8. The predicted molar refractivity (Wildman–Crippen MR) is 83.8 cm³/mol. The fourth-order valence-electron chi connectivity index (χ4n) is 2.20. The maximum atomic E-state index is 12.0. The van der Waals surface area contributed by atoms with Crippen molar-refractivity contribution in [1.82, 2.24) is 24.7 Å². The molecule has 0 amide bonds. The lowest BCUT2D eigenvalue weighted by Crippen LogP contribution is -2.26. The first kappa shape index (κ1) is 13.1. The molecule has 0 aliphatic rings. The van der Waals surface area contributed by atoms with Crippen molar-refractivity contribution in [2.45, 2.75) is 0 Å². The number of benzene rings is 1. The summed E-state index contributed by atoms with van der Waals surface area (Å²) in [7, 11) is 0. The first-order valence-electron chi connectivity index (χ1n) is 6.75. The fraction of sp³-hybridized carbons (Fsp3) is 0. The molecule has 112 valence electrons. The molecule has 4 aromatic rings. The van der Waals surface area contributed by atoms with E-state index < -0.39 is 5.56 Å². The Labute approximate surface area is 129 Å². The maximum absolute atomic E-state index is 12.0. The van der Waals surface area contributed by atoms with Crippen molar-refractivity contribution in [2.24, 2.45) is 0 Å². The van der Waals surface area contributed by atoms with E-state index in [2.05, 4.69) is 19.9 Å². The van der Waals surface area contributed by atoms with Crippen molar-refractivity contribution in [2.75, 3.05) is 5.73 Å². The number of fused-ring (bicyclic) bond motifs is 2. The van der Waals surface area contributed by atoms with Crippen molar-refractivity contribution in [3.05, 3.63) is 59.3 Å². The van der Waals surface area contributed by atoms with E-state index in [1.807, 2.05) is 12.1 Å². The maximum Gasteiger partial charge on any atom is 0.344 e. The van der Waals surface area contributed by atoms with Crippen molar-refractivity contribution in [1.29, 1.82) is 0 Å². The molecular formula is C15H10N6O2. The SMILES string of the molecule is Nc1cccc2cnc(On3c(=O)cnc4cccnc43)nc12. The average molecular weight is 306 g/mol. The summed E-state index contributed by atoms with van der Waals surface area (Å²) in [5.41, 5.74) is 7.29. The van der Waals surface area contributed by atoms with Gasteiger partial charge in [-0.05, 0) is 18.2 Å². The van der Waals surface area contributed by atoms with Gasteiger partial charge in [0.1, 0.15) is 11.0 Å². The van der Waals surface area contributed by atoms with Crippen molar-refractivity contribution in [3.63, 3.8) is 0 Å². The molecule has 4 rings (SSSR count). The summed E-state index contributed by atoms with van der Waals surface area (Å²) >= 11 is 0. The highest BCUT2D eigenvalue weighted by molar-refractivity contribution is 5.88. The number of hydrogen-bond donors (Lipinski definition) is 1. The number of hydrogen-bond acceptors (Lipinski definition) is 7. The van der Waals surface area contributed by atoms with Gasteiger partial charge in [-0.2, -0.15) is 4.98 Å². The fourth-order valence-corrected chi connectivity index (χ4v) is 2.20. The smallest absolute Gasteiger partial charge is 0.344 e. The molecule has 0 aliphatic heterocycles. The second-order valence-corrected chi connectivity index (χ2v) is 4.77. The first-order chi connectivity index (χ1) is 11.2. The van der Waals surface area contributed by atoms with Gasteiger partial charge < -0.3 is 10.6 Å². The highest BCUT2D eigenvalue weighted by Crippen LogP contribution is 2.19. The Morgan fingerprint density at radius 3 is 2.87 bits per heavy atom. The Morgan fingerprint density at radius 2 is 1.96 bits per heavy atom. The zero-order valence-electron chi connectivity index (χ0n) is 11.7. The molecule has 1 aromatic carbocycles. The van der Waals surface area contributed by atoms with Crippen LogP contribution in [0.5, 0.6) is 6.01 Å². The highest BCUT2D eigenvalue weighted by atomic mass is 16.7. The van der Waals surface area contributed by atoms with Gasteiger partial charge in [-0.25, -0.2) is 15.0 Å². The van der Waals surface area contributed by atoms with Gasteiger partial charge in [-0.3, -0.25) is 4.79 Å². The van der Waals surface area contributed by atoms with E-state index in [0.717, 1.165) is 16.3 Å². The molecule has 8 nitrogen and oxygen atoms in total. The minimum absolute atomic E-state index is 0.00402. The molecule has 8 heteroatoms.